The van der Waals surface area contributed by atoms with Crippen molar-refractivity contribution in [1.82, 2.24) is 10.6 Å². The van der Waals surface area contributed by atoms with Crippen molar-refractivity contribution in [1.29, 1.82) is 0 Å². The second-order valence-electron chi connectivity index (χ2n) is 4.97. The maximum absolute atomic E-state index is 11.5. The van der Waals surface area contributed by atoms with Crippen LogP contribution in [0.3, 0.4) is 0 Å². The molecule has 0 saturated carbocycles. The molecule has 1 amide bonds. The number of ether oxygens (including phenoxy) is 1. The molecule has 0 bridgehead atoms. The fraction of sp³-hybridized carbons (Fsp3) is 0.917. The molecule has 0 aliphatic carbocycles. The summed E-state index contributed by atoms with van der Waals surface area (Å²) in [6.45, 7) is 9.17. The first kappa shape index (κ1) is 13.5. The van der Waals surface area contributed by atoms with Crippen LogP contribution in [-0.2, 0) is 9.53 Å². The fourth-order valence-electron chi connectivity index (χ4n) is 1.64. The SMILES string of the molecule is CC(C)C(C)NC(=O)COCC1CCNC1. The van der Waals surface area contributed by atoms with Gasteiger partial charge in [-0.25, -0.2) is 0 Å². The van der Waals surface area contributed by atoms with Gasteiger partial charge in [-0.1, -0.05) is 13.8 Å². The Hall–Kier alpha value is -0.610. The highest BCUT2D eigenvalue weighted by atomic mass is 16.5. The molecule has 2 N–H and O–H groups in total. The van der Waals surface area contributed by atoms with E-state index in [1.54, 1.807) is 0 Å². The van der Waals surface area contributed by atoms with Crippen molar-refractivity contribution in [2.45, 2.75) is 33.2 Å². The minimum Gasteiger partial charge on any atom is -0.371 e. The molecule has 4 nitrogen and oxygen atoms in total. The lowest BCUT2D eigenvalue weighted by atomic mass is 10.1. The fourth-order valence-corrected chi connectivity index (χ4v) is 1.64. The summed E-state index contributed by atoms with van der Waals surface area (Å²) in [5, 5.41) is 6.20. The zero-order valence-corrected chi connectivity index (χ0v) is 10.6. The molecule has 1 saturated heterocycles. The molecule has 1 fully saturated rings. The van der Waals surface area contributed by atoms with Crippen LogP contribution in [0, 0.1) is 11.8 Å². The molecule has 0 aromatic heterocycles. The normalized spacial score (nSPS) is 22.4. The van der Waals surface area contributed by atoms with Crippen LogP contribution in [0.2, 0.25) is 0 Å². The van der Waals surface area contributed by atoms with Crippen molar-refractivity contribution in [2.75, 3.05) is 26.3 Å². The topological polar surface area (TPSA) is 50.4 Å². The number of hydrogen-bond donors (Lipinski definition) is 2. The Morgan fingerprint density at radius 3 is 2.81 bits per heavy atom. The summed E-state index contributed by atoms with van der Waals surface area (Å²) >= 11 is 0. The number of rotatable bonds is 6. The van der Waals surface area contributed by atoms with E-state index in [1.807, 2.05) is 6.92 Å². The first-order chi connectivity index (χ1) is 7.59. The average molecular weight is 228 g/mol. The van der Waals surface area contributed by atoms with Gasteiger partial charge >= 0.3 is 0 Å². The summed E-state index contributed by atoms with van der Waals surface area (Å²) in [6.07, 6.45) is 1.16. The number of carbonyl (C=O) groups excluding carboxylic acids is 1. The Morgan fingerprint density at radius 2 is 2.25 bits per heavy atom. The van der Waals surface area contributed by atoms with Gasteiger partial charge in [-0.15, -0.1) is 0 Å². The molecule has 1 aliphatic heterocycles. The van der Waals surface area contributed by atoms with Gasteiger partial charge < -0.3 is 15.4 Å². The van der Waals surface area contributed by atoms with Crippen molar-refractivity contribution in [3.63, 3.8) is 0 Å². The van der Waals surface area contributed by atoms with Crippen molar-refractivity contribution >= 4 is 5.91 Å². The molecule has 4 heteroatoms. The second-order valence-corrected chi connectivity index (χ2v) is 4.97. The first-order valence-electron chi connectivity index (χ1n) is 6.17. The minimum absolute atomic E-state index is 0.00726. The molecule has 94 valence electrons. The van der Waals surface area contributed by atoms with Crippen LogP contribution >= 0.6 is 0 Å². The smallest absolute Gasteiger partial charge is 0.246 e. The highest BCUT2D eigenvalue weighted by Gasteiger charge is 2.15. The van der Waals surface area contributed by atoms with Gasteiger partial charge in [-0.2, -0.15) is 0 Å². The molecule has 2 atom stereocenters. The molecular weight excluding hydrogens is 204 g/mol. The average Bonchev–Trinajstić information content (AvgIpc) is 2.70. The van der Waals surface area contributed by atoms with Crippen LogP contribution in [0.15, 0.2) is 0 Å². The lowest BCUT2D eigenvalue weighted by Crippen LogP contribution is -2.38. The Labute approximate surface area is 98.1 Å². The van der Waals surface area contributed by atoms with Crippen molar-refractivity contribution < 1.29 is 9.53 Å². The maximum Gasteiger partial charge on any atom is 0.246 e. The van der Waals surface area contributed by atoms with Crippen LogP contribution in [0.4, 0.5) is 0 Å². The van der Waals surface area contributed by atoms with E-state index >= 15 is 0 Å². The molecule has 2 unspecified atom stereocenters. The molecular formula is C12H24N2O2. The van der Waals surface area contributed by atoms with Crippen LogP contribution in [0.25, 0.3) is 0 Å². The monoisotopic (exact) mass is 228 g/mol. The summed E-state index contributed by atoms with van der Waals surface area (Å²) in [5.74, 6) is 1.03. The van der Waals surface area contributed by atoms with E-state index in [-0.39, 0.29) is 18.6 Å². The number of carbonyl (C=O) groups is 1. The van der Waals surface area contributed by atoms with E-state index in [2.05, 4.69) is 24.5 Å². The quantitative estimate of drug-likeness (QED) is 0.706. The number of nitrogens with one attached hydrogen (secondary N) is 2. The van der Waals surface area contributed by atoms with E-state index in [1.165, 1.54) is 0 Å². The summed E-state index contributed by atoms with van der Waals surface area (Å²) in [7, 11) is 0. The van der Waals surface area contributed by atoms with E-state index in [9.17, 15) is 4.79 Å². The first-order valence-corrected chi connectivity index (χ1v) is 6.17. The zero-order chi connectivity index (χ0) is 12.0. The lowest BCUT2D eigenvalue weighted by Gasteiger charge is -2.17. The third kappa shape index (κ3) is 4.94. The van der Waals surface area contributed by atoms with Crippen molar-refractivity contribution in [3.8, 4) is 0 Å². The van der Waals surface area contributed by atoms with Crippen LogP contribution < -0.4 is 10.6 Å². The van der Waals surface area contributed by atoms with Gasteiger partial charge in [-0.3, -0.25) is 4.79 Å². The third-order valence-corrected chi connectivity index (χ3v) is 3.14. The minimum atomic E-state index is -0.00726. The number of amides is 1. The Morgan fingerprint density at radius 1 is 1.50 bits per heavy atom. The third-order valence-electron chi connectivity index (χ3n) is 3.14. The van der Waals surface area contributed by atoms with E-state index < -0.39 is 0 Å². The predicted molar refractivity (Wildman–Crippen MR) is 64.2 cm³/mol. The predicted octanol–water partition coefficient (Wildman–Crippen LogP) is 0.773. The van der Waals surface area contributed by atoms with Gasteiger partial charge in [0, 0.05) is 12.6 Å². The molecule has 0 aromatic rings. The number of hydrogen-bond acceptors (Lipinski definition) is 3. The van der Waals surface area contributed by atoms with Crippen molar-refractivity contribution in [2.24, 2.45) is 11.8 Å². The largest absolute Gasteiger partial charge is 0.371 e. The van der Waals surface area contributed by atoms with Crippen LogP contribution in [-0.4, -0.2) is 38.3 Å². The molecule has 1 heterocycles. The summed E-state index contributed by atoms with van der Waals surface area (Å²) in [5.41, 5.74) is 0. The van der Waals surface area contributed by atoms with Gasteiger partial charge in [-0.05, 0) is 31.7 Å². The van der Waals surface area contributed by atoms with Gasteiger partial charge in [0.05, 0.1) is 6.61 Å². The summed E-state index contributed by atoms with van der Waals surface area (Å²) < 4.78 is 5.41. The van der Waals surface area contributed by atoms with E-state index in [4.69, 9.17) is 4.74 Å². The lowest BCUT2D eigenvalue weighted by molar-refractivity contribution is -0.127. The second kappa shape index (κ2) is 6.86. The Balaban J connectivity index is 2.05. The van der Waals surface area contributed by atoms with Gasteiger partial charge in [0.25, 0.3) is 0 Å². The zero-order valence-electron chi connectivity index (χ0n) is 10.6. The maximum atomic E-state index is 11.5. The van der Waals surface area contributed by atoms with Gasteiger partial charge in [0.15, 0.2) is 0 Å². The molecule has 0 spiro atoms. The molecule has 1 aliphatic rings. The van der Waals surface area contributed by atoms with Gasteiger partial charge in [0.2, 0.25) is 5.91 Å². The molecule has 0 radical (unpaired) electrons. The van der Waals surface area contributed by atoms with Crippen LogP contribution in [0.1, 0.15) is 27.2 Å². The Bertz CT molecular complexity index is 213. The molecule has 1 rings (SSSR count). The van der Waals surface area contributed by atoms with E-state index in [0.29, 0.717) is 18.4 Å². The van der Waals surface area contributed by atoms with Crippen LogP contribution in [0.5, 0.6) is 0 Å². The molecule has 16 heavy (non-hydrogen) atoms. The van der Waals surface area contributed by atoms with Gasteiger partial charge in [0.1, 0.15) is 6.61 Å². The van der Waals surface area contributed by atoms with E-state index in [0.717, 1.165) is 19.5 Å². The highest BCUT2D eigenvalue weighted by molar-refractivity contribution is 5.77. The van der Waals surface area contributed by atoms with Crippen molar-refractivity contribution in [3.05, 3.63) is 0 Å². The summed E-state index contributed by atoms with van der Waals surface area (Å²) in [4.78, 5) is 11.5. The molecule has 0 aromatic carbocycles. The Kier molecular flexibility index (Phi) is 5.77. The highest BCUT2D eigenvalue weighted by Crippen LogP contribution is 2.07. The summed E-state index contributed by atoms with van der Waals surface area (Å²) in [6, 6.07) is 0.212. The standard InChI is InChI=1S/C12H24N2O2/c1-9(2)10(3)14-12(15)8-16-7-11-4-5-13-6-11/h9-11,13H,4-8H2,1-3H3,(H,14,15).